The number of hydrogen-bond donors (Lipinski definition) is 1. The summed E-state index contributed by atoms with van der Waals surface area (Å²) in [5.41, 5.74) is 0.452. The van der Waals surface area contributed by atoms with Crippen LogP contribution in [0, 0.1) is 0 Å². The zero-order valence-electron chi connectivity index (χ0n) is 15.0. The molecule has 0 atom stereocenters. The fourth-order valence-electron chi connectivity index (χ4n) is 2.28. The molecular formula is C19H18N2O5S2. The highest BCUT2D eigenvalue weighted by molar-refractivity contribution is 7.93. The van der Waals surface area contributed by atoms with Crippen LogP contribution in [-0.2, 0) is 26.0 Å². The van der Waals surface area contributed by atoms with E-state index in [9.17, 15) is 13.2 Å². The zero-order valence-corrected chi connectivity index (χ0v) is 16.6. The molecule has 28 heavy (non-hydrogen) atoms. The van der Waals surface area contributed by atoms with Gasteiger partial charge in [0.25, 0.3) is 10.0 Å². The van der Waals surface area contributed by atoms with E-state index in [1.807, 2.05) is 30.3 Å². The van der Waals surface area contributed by atoms with Crippen molar-refractivity contribution < 1.29 is 22.7 Å². The molecule has 0 spiro atoms. The van der Waals surface area contributed by atoms with Crippen LogP contribution in [0.25, 0.3) is 0 Å². The van der Waals surface area contributed by atoms with Crippen LogP contribution < -0.4 is 9.46 Å². The summed E-state index contributed by atoms with van der Waals surface area (Å²) < 4.78 is 38.0. The first-order chi connectivity index (χ1) is 13.5. The van der Waals surface area contributed by atoms with Crippen LogP contribution in [0.4, 0.5) is 5.13 Å². The summed E-state index contributed by atoms with van der Waals surface area (Å²) >= 11 is 1.10. The van der Waals surface area contributed by atoms with Crippen LogP contribution in [0.2, 0.25) is 0 Å². The molecule has 2 aromatic carbocycles. The van der Waals surface area contributed by atoms with Crippen LogP contribution in [0.3, 0.4) is 0 Å². The van der Waals surface area contributed by atoms with E-state index in [0.29, 0.717) is 17.2 Å². The predicted octanol–water partition coefficient (Wildman–Crippen LogP) is 3.84. The molecule has 0 aliphatic carbocycles. The van der Waals surface area contributed by atoms with Gasteiger partial charge in [-0.3, -0.25) is 9.52 Å². The number of para-hydroxylation sites is 1. The Bertz CT molecular complexity index is 1030. The highest BCUT2D eigenvalue weighted by Crippen LogP contribution is 2.24. The fourth-order valence-corrected chi connectivity index (χ4v) is 4.24. The molecule has 1 heterocycles. The van der Waals surface area contributed by atoms with Gasteiger partial charge < -0.3 is 9.47 Å². The van der Waals surface area contributed by atoms with E-state index in [2.05, 4.69) is 9.71 Å². The van der Waals surface area contributed by atoms with E-state index in [-0.39, 0.29) is 23.1 Å². The van der Waals surface area contributed by atoms with Gasteiger partial charge in [-0.05, 0) is 43.3 Å². The number of nitrogens with one attached hydrogen (secondary N) is 1. The number of benzene rings is 2. The maximum atomic E-state index is 12.5. The third-order valence-corrected chi connectivity index (χ3v) is 5.81. The molecule has 0 aliphatic rings. The number of rotatable bonds is 8. The quantitative estimate of drug-likeness (QED) is 0.559. The summed E-state index contributed by atoms with van der Waals surface area (Å²) in [6.07, 6.45) is -0.00239. The second-order valence-electron chi connectivity index (χ2n) is 5.62. The standard InChI is InChI=1S/C19H18N2O5S2/c1-2-25-18(22)12-14-13-27-19(20-14)21-28(23,24)17-10-8-16(9-11-17)26-15-6-4-3-5-7-15/h3-11,13H,2,12H2,1H3,(H,20,21). The van der Waals surface area contributed by atoms with Crippen molar-refractivity contribution in [1.82, 2.24) is 4.98 Å². The average Bonchev–Trinajstić information content (AvgIpc) is 3.09. The number of sulfonamides is 1. The van der Waals surface area contributed by atoms with Crippen molar-refractivity contribution in [3.05, 3.63) is 65.7 Å². The number of thiazole rings is 1. The van der Waals surface area contributed by atoms with Gasteiger partial charge >= 0.3 is 5.97 Å². The van der Waals surface area contributed by atoms with Gasteiger partial charge in [0.2, 0.25) is 0 Å². The molecule has 0 amide bonds. The van der Waals surface area contributed by atoms with Crippen molar-refractivity contribution in [1.29, 1.82) is 0 Å². The fraction of sp³-hybridized carbons (Fsp3) is 0.158. The minimum Gasteiger partial charge on any atom is -0.466 e. The van der Waals surface area contributed by atoms with Crippen molar-refractivity contribution in [2.24, 2.45) is 0 Å². The summed E-state index contributed by atoms with van der Waals surface area (Å²) in [4.78, 5) is 15.7. The number of anilines is 1. The Morgan fingerprint density at radius 1 is 1.07 bits per heavy atom. The highest BCUT2D eigenvalue weighted by Gasteiger charge is 2.17. The third-order valence-electron chi connectivity index (χ3n) is 3.52. The van der Waals surface area contributed by atoms with E-state index in [1.165, 1.54) is 12.1 Å². The van der Waals surface area contributed by atoms with Gasteiger partial charge in [0.05, 0.1) is 23.6 Å². The molecule has 0 fully saturated rings. The van der Waals surface area contributed by atoms with E-state index < -0.39 is 16.0 Å². The van der Waals surface area contributed by atoms with Crippen LogP contribution in [-0.4, -0.2) is 26.0 Å². The maximum Gasteiger partial charge on any atom is 0.311 e. The first-order valence-corrected chi connectivity index (χ1v) is 10.8. The Balaban J connectivity index is 1.66. The second kappa shape index (κ2) is 8.85. The number of carbonyl (C=O) groups excluding carboxylic acids is 1. The molecule has 0 saturated heterocycles. The molecule has 0 radical (unpaired) electrons. The smallest absolute Gasteiger partial charge is 0.311 e. The largest absolute Gasteiger partial charge is 0.466 e. The molecule has 3 rings (SSSR count). The number of carbonyl (C=O) groups is 1. The molecule has 0 saturated carbocycles. The lowest BCUT2D eigenvalue weighted by Crippen LogP contribution is -2.13. The lowest BCUT2D eigenvalue weighted by Gasteiger charge is -2.08. The van der Waals surface area contributed by atoms with Gasteiger partial charge in [-0.15, -0.1) is 11.3 Å². The Morgan fingerprint density at radius 2 is 1.75 bits per heavy atom. The third kappa shape index (κ3) is 5.30. The van der Waals surface area contributed by atoms with Crippen molar-refractivity contribution >= 4 is 32.5 Å². The molecule has 1 aromatic heterocycles. The SMILES string of the molecule is CCOC(=O)Cc1csc(NS(=O)(=O)c2ccc(Oc3ccccc3)cc2)n1. The Labute approximate surface area is 167 Å². The summed E-state index contributed by atoms with van der Waals surface area (Å²) in [7, 11) is -3.80. The molecule has 146 valence electrons. The summed E-state index contributed by atoms with van der Waals surface area (Å²) in [5.74, 6) is 0.778. The topological polar surface area (TPSA) is 94.6 Å². The van der Waals surface area contributed by atoms with Crippen molar-refractivity contribution in [2.75, 3.05) is 11.3 Å². The lowest BCUT2D eigenvalue weighted by molar-refractivity contribution is -0.142. The van der Waals surface area contributed by atoms with Crippen molar-refractivity contribution in [3.63, 3.8) is 0 Å². The molecule has 1 N–H and O–H groups in total. The number of ether oxygens (including phenoxy) is 2. The number of esters is 1. The Morgan fingerprint density at radius 3 is 2.43 bits per heavy atom. The molecule has 0 unspecified atom stereocenters. The Kier molecular flexibility index (Phi) is 6.27. The average molecular weight is 418 g/mol. The molecule has 0 aliphatic heterocycles. The Hall–Kier alpha value is -2.91. The van der Waals surface area contributed by atoms with Crippen molar-refractivity contribution in [3.8, 4) is 11.5 Å². The molecular weight excluding hydrogens is 400 g/mol. The van der Waals surface area contributed by atoms with Gasteiger partial charge in [-0.25, -0.2) is 13.4 Å². The van der Waals surface area contributed by atoms with E-state index in [4.69, 9.17) is 9.47 Å². The van der Waals surface area contributed by atoms with E-state index >= 15 is 0 Å². The van der Waals surface area contributed by atoms with Crippen LogP contribution in [0.15, 0.2) is 64.9 Å². The van der Waals surface area contributed by atoms with Crippen LogP contribution >= 0.6 is 11.3 Å². The van der Waals surface area contributed by atoms with Gasteiger partial charge in [-0.1, -0.05) is 18.2 Å². The normalized spacial score (nSPS) is 11.0. The van der Waals surface area contributed by atoms with Gasteiger partial charge in [0, 0.05) is 5.38 Å². The lowest BCUT2D eigenvalue weighted by atomic mass is 10.3. The molecule has 3 aromatic rings. The summed E-state index contributed by atoms with van der Waals surface area (Å²) in [6, 6.07) is 15.3. The minimum atomic E-state index is -3.80. The minimum absolute atomic E-state index is 0.00239. The van der Waals surface area contributed by atoms with Crippen LogP contribution in [0.1, 0.15) is 12.6 Å². The zero-order chi connectivity index (χ0) is 20.0. The molecule has 7 nitrogen and oxygen atoms in total. The predicted molar refractivity (Wildman–Crippen MR) is 106 cm³/mol. The summed E-state index contributed by atoms with van der Waals surface area (Å²) in [5, 5.41) is 1.80. The highest BCUT2D eigenvalue weighted by atomic mass is 32.2. The van der Waals surface area contributed by atoms with E-state index in [1.54, 1.807) is 24.4 Å². The van der Waals surface area contributed by atoms with Gasteiger partial charge in [0.1, 0.15) is 11.5 Å². The van der Waals surface area contributed by atoms with Gasteiger partial charge in [-0.2, -0.15) is 0 Å². The van der Waals surface area contributed by atoms with Crippen LogP contribution in [0.5, 0.6) is 11.5 Å². The second-order valence-corrected chi connectivity index (χ2v) is 8.16. The molecule has 0 bridgehead atoms. The first-order valence-electron chi connectivity index (χ1n) is 8.42. The van der Waals surface area contributed by atoms with Gasteiger partial charge in [0.15, 0.2) is 5.13 Å². The number of nitrogens with zero attached hydrogens (tertiary/aromatic N) is 1. The first kappa shape index (κ1) is 19.8. The summed E-state index contributed by atoms with van der Waals surface area (Å²) in [6.45, 7) is 2.00. The number of hydrogen-bond acceptors (Lipinski definition) is 7. The van der Waals surface area contributed by atoms with Crippen molar-refractivity contribution in [2.45, 2.75) is 18.2 Å². The molecule has 9 heteroatoms. The monoisotopic (exact) mass is 418 g/mol. The number of aromatic nitrogens is 1. The maximum absolute atomic E-state index is 12.5. The van der Waals surface area contributed by atoms with E-state index in [0.717, 1.165) is 11.3 Å².